The molecule has 6 nitrogen and oxygen atoms in total. The van der Waals surface area contributed by atoms with E-state index in [0.717, 1.165) is 43.2 Å². The summed E-state index contributed by atoms with van der Waals surface area (Å²) in [5.41, 5.74) is 2.44. The van der Waals surface area contributed by atoms with E-state index in [4.69, 9.17) is 0 Å². The molecule has 3 amide bonds. The Balaban J connectivity index is 1.27. The Morgan fingerprint density at radius 2 is 1.66 bits per heavy atom. The second-order valence-corrected chi connectivity index (χ2v) is 9.00. The third-order valence-corrected chi connectivity index (χ3v) is 6.35. The molecule has 0 spiro atoms. The third-order valence-electron chi connectivity index (χ3n) is 6.35. The van der Waals surface area contributed by atoms with Crippen LogP contribution in [-0.2, 0) is 4.79 Å². The molecule has 6 heteroatoms. The molecule has 1 N–H and O–H groups in total. The summed E-state index contributed by atoms with van der Waals surface area (Å²) in [6, 6.07) is 11.2. The van der Waals surface area contributed by atoms with Crippen LogP contribution in [0.1, 0.15) is 60.2 Å². The summed E-state index contributed by atoms with van der Waals surface area (Å²) >= 11 is 0. The highest BCUT2D eigenvalue weighted by atomic mass is 16.2. The van der Waals surface area contributed by atoms with Crippen LogP contribution in [0.15, 0.2) is 48.0 Å². The van der Waals surface area contributed by atoms with Gasteiger partial charge in [-0.25, -0.2) is 0 Å². The van der Waals surface area contributed by atoms with Crippen molar-refractivity contribution in [3.63, 3.8) is 0 Å². The van der Waals surface area contributed by atoms with Gasteiger partial charge in [-0.2, -0.15) is 0 Å². The lowest BCUT2D eigenvalue weighted by Crippen LogP contribution is -2.45. The Kier molecular flexibility index (Phi) is 6.70. The van der Waals surface area contributed by atoms with Crippen molar-refractivity contribution in [2.45, 2.75) is 45.6 Å². The van der Waals surface area contributed by atoms with Gasteiger partial charge in [0.1, 0.15) is 0 Å². The molecule has 2 aromatic carbocycles. The average molecular weight is 434 g/mol. The number of piperidine rings is 1. The topological polar surface area (TPSA) is 69.7 Å². The van der Waals surface area contributed by atoms with Crippen molar-refractivity contribution in [3.05, 3.63) is 59.2 Å². The van der Waals surface area contributed by atoms with E-state index in [1.165, 1.54) is 10.5 Å². The van der Waals surface area contributed by atoms with Gasteiger partial charge in [-0.15, -0.1) is 0 Å². The molecule has 0 atom stereocenters. The van der Waals surface area contributed by atoms with Crippen LogP contribution in [0.4, 0.5) is 0 Å². The van der Waals surface area contributed by atoms with E-state index in [1.807, 2.05) is 24.3 Å². The van der Waals surface area contributed by atoms with E-state index >= 15 is 0 Å². The average Bonchev–Trinajstić information content (AvgIpc) is 2.79. The van der Waals surface area contributed by atoms with Crippen LogP contribution in [-0.4, -0.2) is 59.7 Å². The summed E-state index contributed by atoms with van der Waals surface area (Å²) in [4.78, 5) is 42.0. The first kappa shape index (κ1) is 22.2. The maximum atomic E-state index is 12.9. The number of carbonyl (C=O) groups is 3. The van der Waals surface area contributed by atoms with Crippen molar-refractivity contribution < 1.29 is 14.4 Å². The quantitative estimate of drug-likeness (QED) is 0.533. The summed E-state index contributed by atoms with van der Waals surface area (Å²) < 4.78 is 0. The number of allylic oxidation sites excluding steroid dienone is 1. The van der Waals surface area contributed by atoms with Crippen LogP contribution < -0.4 is 5.32 Å². The molecule has 0 saturated carbocycles. The molecule has 4 rings (SSSR count). The van der Waals surface area contributed by atoms with Gasteiger partial charge in [-0.1, -0.05) is 35.9 Å². The van der Waals surface area contributed by atoms with E-state index in [1.54, 1.807) is 12.1 Å². The molecular weight excluding hydrogens is 402 g/mol. The SMILES string of the molecule is CC(C)=CCN1CCC(NC(=O)CCCN2C(=O)c3cccc4cccc(c34)C2=O)CC1. The molecule has 1 saturated heterocycles. The van der Waals surface area contributed by atoms with E-state index < -0.39 is 0 Å². The van der Waals surface area contributed by atoms with Gasteiger partial charge in [0.2, 0.25) is 5.91 Å². The Bertz CT molecular complexity index is 1010. The summed E-state index contributed by atoms with van der Waals surface area (Å²) in [5.74, 6) is -0.556. The highest BCUT2D eigenvalue weighted by molar-refractivity contribution is 6.25. The van der Waals surface area contributed by atoms with Crippen LogP contribution in [0.3, 0.4) is 0 Å². The molecular formula is C26H31N3O3. The minimum atomic E-state index is -0.275. The lowest BCUT2D eigenvalue weighted by atomic mass is 9.94. The van der Waals surface area contributed by atoms with E-state index in [-0.39, 0.29) is 30.3 Å². The van der Waals surface area contributed by atoms with Gasteiger partial charge < -0.3 is 5.32 Å². The Labute approximate surface area is 189 Å². The Morgan fingerprint density at radius 1 is 1.03 bits per heavy atom. The van der Waals surface area contributed by atoms with Gasteiger partial charge in [-0.05, 0) is 50.6 Å². The number of imide groups is 1. The predicted octanol–water partition coefficient (Wildman–Crippen LogP) is 3.76. The summed E-state index contributed by atoms with van der Waals surface area (Å²) in [5, 5.41) is 4.75. The van der Waals surface area contributed by atoms with Crippen molar-refractivity contribution in [3.8, 4) is 0 Å². The summed E-state index contributed by atoms with van der Waals surface area (Å²) in [6.45, 7) is 7.40. The summed E-state index contributed by atoms with van der Waals surface area (Å²) in [7, 11) is 0. The fraction of sp³-hybridized carbons (Fsp3) is 0.423. The molecule has 2 aliphatic heterocycles. The molecule has 0 radical (unpaired) electrons. The summed E-state index contributed by atoms with van der Waals surface area (Å²) in [6.07, 6.45) is 4.90. The van der Waals surface area contributed by atoms with Crippen molar-refractivity contribution in [2.75, 3.05) is 26.2 Å². The second-order valence-electron chi connectivity index (χ2n) is 9.00. The first-order valence-electron chi connectivity index (χ1n) is 11.5. The lowest BCUT2D eigenvalue weighted by molar-refractivity contribution is -0.122. The Hall–Kier alpha value is -2.99. The maximum absolute atomic E-state index is 12.9. The third kappa shape index (κ3) is 4.75. The van der Waals surface area contributed by atoms with Crippen LogP contribution in [0.2, 0.25) is 0 Å². The molecule has 0 aliphatic carbocycles. The van der Waals surface area contributed by atoms with Gasteiger partial charge in [0.05, 0.1) is 0 Å². The number of carbonyl (C=O) groups excluding carboxylic acids is 3. The number of nitrogens with one attached hydrogen (secondary N) is 1. The minimum Gasteiger partial charge on any atom is -0.353 e. The van der Waals surface area contributed by atoms with Gasteiger partial charge in [-0.3, -0.25) is 24.2 Å². The molecule has 2 aromatic rings. The monoisotopic (exact) mass is 433 g/mol. The number of hydrogen-bond donors (Lipinski definition) is 1. The van der Waals surface area contributed by atoms with Crippen molar-refractivity contribution in [2.24, 2.45) is 0 Å². The number of hydrogen-bond acceptors (Lipinski definition) is 4. The number of nitrogens with zero attached hydrogens (tertiary/aromatic N) is 2. The lowest BCUT2D eigenvalue weighted by Gasteiger charge is -2.31. The van der Waals surface area contributed by atoms with Crippen molar-refractivity contribution >= 4 is 28.5 Å². The number of benzene rings is 2. The van der Waals surface area contributed by atoms with E-state index in [2.05, 4.69) is 30.1 Å². The zero-order valence-electron chi connectivity index (χ0n) is 18.9. The van der Waals surface area contributed by atoms with Crippen LogP contribution in [0, 0.1) is 0 Å². The van der Waals surface area contributed by atoms with Crippen LogP contribution in [0.25, 0.3) is 10.8 Å². The fourth-order valence-electron chi connectivity index (χ4n) is 4.55. The molecule has 2 heterocycles. The fourth-order valence-corrected chi connectivity index (χ4v) is 4.55. The predicted molar refractivity (Wildman–Crippen MR) is 126 cm³/mol. The highest BCUT2D eigenvalue weighted by Gasteiger charge is 2.32. The van der Waals surface area contributed by atoms with Gasteiger partial charge in [0.25, 0.3) is 11.8 Å². The molecule has 0 unspecified atom stereocenters. The number of rotatable bonds is 7. The molecule has 168 valence electrons. The zero-order chi connectivity index (χ0) is 22.7. The molecule has 32 heavy (non-hydrogen) atoms. The minimum absolute atomic E-state index is 0.00726. The van der Waals surface area contributed by atoms with E-state index in [9.17, 15) is 14.4 Å². The first-order chi connectivity index (χ1) is 15.4. The van der Waals surface area contributed by atoms with Crippen molar-refractivity contribution in [1.82, 2.24) is 15.1 Å². The molecule has 0 aromatic heterocycles. The van der Waals surface area contributed by atoms with Gasteiger partial charge in [0, 0.05) is 55.2 Å². The smallest absolute Gasteiger partial charge is 0.261 e. The Morgan fingerprint density at radius 3 is 2.25 bits per heavy atom. The van der Waals surface area contributed by atoms with Crippen molar-refractivity contribution in [1.29, 1.82) is 0 Å². The molecule has 1 fully saturated rings. The standard InChI is InChI=1S/C26H31N3O3/c1-18(2)11-15-28-16-12-20(13-17-28)27-23(30)10-5-14-29-25(31)21-8-3-6-19-7-4-9-22(24(19)21)26(29)32/h3-4,6-9,11,20H,5,10,12-17H2,1-2H3,(H,27,30). The molecule has 0 bridgehead atoms. The maximum Gasteiger partial charge on any atom is 0.261 e. The zero-order valence-corrected chi connectivity index (χ0v) is 18.9. The second kappa shape index (κ2) is 9.65. The molecule has 2 aliphatic rings. The van der Waals surface area contributed by atoms with Gasteiger partial charge in [0.15, 0.2) is 0 Å². The van der Waals surface area contributed by atoms with E-state index in [0.29, 0.717) is 24.0 Å². The largest absolute Gasteiger partial charge is 0.353 e. The highest BCUT2D eigenvalue weighted by Crippen LogP contribution is 2.30. The first-order valence-corrected chi connectivity index (χ1v) is 11.5. The normalized spacial score (nSPS) is 17.0. The number of amides is 3. The van der Waals surface area contributed by atoms with Gasteiger partial charge >= 0.3 is 0 Å². The van der Waals surface area contributed by atoms with Crippen LogP contribution in [0.5, 0.6) is 0 Å². The number of likely N-dealkylation sites (tertiary alicyclic amines) is 1. The van der Waals surface area contributed by atoms with Crippen LogP contribution >= 0.6 is 0 Å².